The summed E-state index contributed by atoms with van der Waals surface area (Å²) in [4.78, 5) is 12.2. The van der Waals surface area contributed by atoms with Crippen LogP contribution in [-0.2, 0) is 21.4 Å². The van der Waals surface area contributed by atoms with Gasteiger partial charge in [0.2, 0.25) is 5.78 Å². The normalized spacial score (nSPS) is 28.3. The fourth-order valence-electron chi connectivity index (χ4n) is 4.19. The van der Waals surface area contributed by atoms with Crippen LogP contribution in [0.3, 0.4) is 0 Å². The maximum atomic E-state index is 12.2. The van der Waals surface area contributed by atoms with E-state index in [9.17, 15) is 9.90 Å². The van der Waals surface area contributed by atoms with Gasteiger partial charge in [0.25, 0.3) is 0 Å². The summed E-state index contributed by atoms with van der Waals surface area (Å²) in [5.41, 5.74) is 2.87. The Morgan fingerprint density at radius 3 is 2.87 bits per heavy atom. The lowest BCUT2D eigenvalue weighted by Gasteiger charge is -2.49. The first-order valence-electron chi connectivity index (χ1n) is 7.76. The third-order valence-corrected chi connectivity index (χ3v) is 5.24. The maximum Gasteiger partial charge on any atom is 0.220 e. The second-order valence-corrected chi connectivity index (χ2v) is 6.29. The van der Waals surface area contributed by atoms with Gasteiger partial charge in [-0.25, -0.2) is 0 Å². The second kappa shape index (κ2) is 4.86. The molecule has 0 unspecified atom stereocenters. The third kappa shape index (κ3) is 1.86. The average molecular weight is 313 g/mol. The number of ketones is 1. The number of carbonyl (C=O) groups is 1. The van der Waals surface area contributed by atoms with Crippen molar-refractivity contribution in [2.45, 2.75) is 24.3 Å². The number of ether oxygens (including phenoxy) is 2. The largest absolute Gasteiger partial charge is 0.504 e. The summed E-state index contributed by atoms with van der Waals surface area (Å²) < 4.78 is 10.5. The van der Waals surface area contributed by atoms with Crippen LogP contribution in [-0.4, -0.2) is 37.7 Å². The van der Waals surface area contributed by atoms with Gasteiger partial charge in [0.1, 0.15) is 0 Å². The van der Waals surface area contributed by atoms with Crippen LogP contribution < -0.4 is 10.1 Å². The van der Waals surface area contributed by atoms with E-state index in [4.69, 9.17) is 9.47 Å². The van der Waals surface area contributed by atoms with Crippen LogP contribution in [0.5, 0.6) is 11.5 Å². The van der Waals surface area contributed by atoms with Gasteiger partial charge in [-0.15, -0.1) is 0 Å². The van der Waals surface area contributed by atoms with Crippen molar-refractivity contribution in [1.29, 1.82) is 0 Å². The molecule has 0 radical (unpaired) electrons. The number of benzene rings is 1. The Hall–Kier alpha value is -2.27. The van der Waals surface area contributed by atoms with Gasteiger partial charge in [0.05, 0.1) is 14.2 Å². The number of piperidine rings is 1. The summed E-state index contributed by atoms with van der Waals surface area (Å²) >= 11 is 0. The third-order valence-electron chi connectivity index (χ3n) is 5.24. The summed E-state index contributed by atoms with van der Waals surface area (Å²) in [5, 5.41) is 13.7. The minimum atomic E-state index is -0.382. The highest BCUT2D eigenvalue weighted by Crippen LogP contribution is 2.51. The topological polar surface area (TPSA) is 67.8 Å². The lowest BCUT2D eigenvalue weighted by molar-refractivity contribution is -0.114. The number of hydrogen-bond donors (Lipinski definition) is 2. The molecule has 2 N–H and O–H groups in total. The number of hydrogen-bond acceptors (Lipinski definition) is 5. The van der Waals surface area contributed by atoms with Gasteiger partial charge in [-0.3, -0.25) is 4.79 Å². The Morgan fingerprint density at radius 2 is 2.13 bits per heavy atom. The number of phenolic OH excluding ortho intramolecular Hbond substituents is 1. The molecule has 0 saturated carbocycles. The highest BCUT2D eigenvalue weighted by molar-refractivity contribution is 6.05. The first kappa shape index (κ1) is 14.3. The number of fused-ring (bicyclic) bond motifs is 1. The predicted octanol–water partition coefficient (Wildman–Crippen LogP) is 1.60. The minimum Gasteiger partial charge on any atom is -0.504 e. The summed E-state index contributed by atoms with van der Waals surface area (Å²) in [6, 6.07) is 3.81. The Bertz CT molecular complexity index is 765. The van der Waals surface area contributed by atoms with Gasteiger partial charge in [-0.1, -0.05) is 0 Å². The van der Waals surface area contributed by atoms with Gasteiger partial charge >= 0.3 is 0 Å². The van der Waals surface area contributed by atoms with E-state index in [1.54, 1.807) is 19.3 Å². The maximum absolute atomic E-state index is 12.2. The van der Waals surface area contributed by atoms with Crippen molar-refractivity contribution in [1.82, 2.24) is 5.32 Å². The van der Waals surface area contributed by atoms with E-state index in [0.29, 0.717) is 11.5 Å². The lowest BCUT2D eigenvalue weighted by atomic mass is 9.59. The molecule has 1 heterocycles. The lowest BCUT2D eigenvalue weighted by Crippen LogP contribution is -2.53. The number of aromatic hydroxyl groups is 1. The molecule has 4 rings (SSSR count). The molecule has 1 aliphatic heterocycles. The van der Waals surface area contributed by atoms with Crippen LogP contribution in [0.1, 0.15) is 17.5 Å². The van der Waals surface area contributed by atoms with Crippen LogP contribution >= 0.6 is 0 Å². The fraction of sp³-hybridized carbons (Fsp3) is 0.389. The first-order chi connectivity index (χ1) is 11.1. The molecular formula is C18H19NO4. The van der Waals surface area contributed by atoms with E-state index in [1.807, 2.05) is 12.1 Å². The standard InChI is InChI=1S/C18H19NO4/c1-22-16-6-10-5-13-12-8-15(21)17(23-2)9-18(12,3-4-19-13)11(10)7-14(16)20/h6-9,13,19-20H,3-5H2,1-2H3/t13-,18-/m1/s1. The van der Waals surface area contributed by atoms with E-state index in [2.05, 4.69) is 5.32 Å². The van der Waals surface area contributed by atoms with E-state index in [0.717, 1.165) is 36.1 Å². The number of carbonyl (C=O) groups excluding carboxylic acids is 1. The van der Waals surface area contributed by atoms with Crippen molar-refractivity contribution in [3.63, 3.8) is 0 Å². The van der Waals surface area contributed by atoms with Crippen molar-refractivity contribution in [2.75, 3.05) is 20.8 Å². The van der Waals surface area contributed by atoms with E-state index >= 15 is 0 Å². The smallest absolute Gasteiger partial charge is 0.220 e. The summed E-state index contributed by atoms with van der Waals surface area (Å²) in [6.45, 7) is 0.857. The molecule has 1 fully saturated rings. The molecule has 1 aromatic rings. The average Bonchev–Trinajstić information content (AvgIpc) is 2.55. The molecule has 5 heteroatoms. The van der Waals surface area contributed by atoms with Crippen molar-refractivity contribution < 1.29 is 19.4 Å². The number of methoxy groups -OCH3 is 2. The quantitative estimate of drug-likeness (QED) is 0.868. The zero-order chi connectivity index (χ0) is 16.2. The highest BCUT2D eigenvalue weighted by Gasteiger charge is 2.49. The van der Waals surface area contributed by atoms with Crippen LogP contribution in [0.2, 0.25) is 0 Å². The van der Waals surface area contributed by atoms with Crippen molar-refractivity contribution >= 4 is 5.78 Å². The highest BCUT2D eigenvalue weighted by atomic mass is 16.5. The first-order valence-corrected chi connectivity index (χ1v) is 7.76. The molecule has 2 bridgehead atoms. The fourth-order valence-corrected chi connectivity index (χ4v) is 4.19. The summed E-state index contributed by atoms with van der Waals surface area (Å²) in [7, 11) is 3.07. The molecule has 23 heavy (non-hydrogen) atoms. The SMILES string of the molecule is COC1=C[C@]23CCN[C@H](Cc4cc(OC)c(O)cc42)C3=CC1=O. The van der Waals surface area contributed by atoms with Gasteiger partial charge in [0.15, 0.2) is 17.3 Å². The predicted molar refractivity (Wildman–Crippen MR) is 84.6 cm³/mol. The molecule has 0 amide bonds. The monoisotopic (exact) mass is 313 g/mol. The zero-order valence-corrected chi connectivity index (χ0v) is 13.2. The minimum absolute atomic E-state index is 0.0898. The van der Waals surface area contributed by atoms with Gasteiger partial charge in [-0.2, -0.15) is 0 Å². The van der Waals surface area contributed by atoms with Gasteiger partial charge in [-0.05, 0) is 60.4 Å². The zero-order valence-electron chi connectivity index (χ0n) is 13.2. The van der Waals surface area contributed by atoms with Crippen molar-refractivity contribution in [3.05, 3.63) is 46.7 Å². The molecular weight excluding hydrogens is 294 g/mol. The Balaban J connectivity index is 1.98. The Morgan fingerprint density at radius 1 is 1.30 bits per heavy atom. The van der Waals surface area contributed by atoms with Crippen LogP contribution in [0.25, 0.3) is 0 Å². The number of rotatable bonds is 2. The Kier molecular flexibility index (Phi) is 3.03. The molecule has 5 nitrogen and oxygen atoms in total. The molecule has 0 spiro atoms. The molecule has 0 aromatic heterocycles. The number of phenols is 1. The molecule has 1 saturated heterocycles. The molecule has 2 aliphatic carbocycles. The van der Waals surface area contributed by atoms with E-state index in [-0.39, 0.29) is 23.0 Å². The van der Waals surface area contributed by atoms with E-state index < -0.39 is 0 Å². The molecule has 3 aliphatic rings. The van der Waals surface area contributed by atoms with Crippen molar-refractivity contribution in [3.8, 4) is 11.5 Å². The molecule has 120 valence electrons. The molecule has 2 atom stereocenters. The Labute approximate surface area is 134 Å². The van der Waals surface area contributed by atoms with Crippen LogP contribution in [0.15, 0.2) is 35.6 Å². The number of allylic oxidation sites excluding steroid dienone is 2. The van der Waals surface area contributed by atoms with Crippen molar-refractivity contribution in [2.24, 2.45) is 0 Å². The van der Waals surface area contributed by atoms with Gasteiger partial charge < -0.3 is 19.9 Å². The van der Waals surface area contributed by atoms with Crippen LogP contribution in [0.4, 0.5) is 0 Å². The second-order valence-electron chi connectivity index (χ2n) is 6.29. The molecule has 1 aromatic carbocycles. The summed E-state index contributed by atoms with van der Waals surface area (Å²) in [5.74, 6) is 0.889. The number of nitrogens with one attached hydrogen (secondary N) is 1. The van der Waals surface area contributed by atoms with Gasteiger partial charge in [0, 0.05) is 11.5 Å². The summed E-state index contributed by atoms with van der Waals surface area (Å²) in [6.07, 6.45) is 5.25. The van der Waals surface area contributed by atoms with E-state index in [1.165, 1.54) is 7.11 Å². The van der Waals surface area contributed by atoms with Crippen LogP contribution in [0, 0.1) is 0 Å².